The quantitative estimate of drug-likeness (QED) is 0.777. The summed E-state index contributed by atoms with van der Waals surface area (Å²) in [6, 6.07) is 1.57. The first-order chi connectivity index (χ1) is 7.81. The second-order valence-electron chi connectivity index (χ2n) is 5.39. The van der Waals surface area contributed by atoms with Crippen LogP contribution < -0.4 is 5.32 Å². The normalized spacial score (nSPS) is 34.1. The Hall–Kier alpha value is -0.120. The Morgan fingerprint density at radius 3 is 2.81 bits per heavy atom. The summed E-state index contributed by atoms with van der Waals surface area (Å²) < 4.78 is 0. The van der Waals surface area contributed by atoms with E-state index in [9.17, 15) is 0 Å². The highest BCUT2D eigenvalue weighted by Gasteiger charge is 2.26. The van der Waals surface area contributed by atoms with Gasteiger partial charge in [-0.3, -0.25) is 4.90 Å². The van der Waals surface area contributed by atoms with Gasteiger partial charge in [0, 0.05) is 38.3 Å². The number of hydrogen-bond donors (Lipinski definition) is 1. The van der Waals surface area contributed by atoms with Crippen LogP contribution in [0.15, 0.2) is 0 Å². The standard InChI is InChI=1S/C13H27N3/c1-3-12-10-14-7-9-16(12)11-13-6-4-5-8-15(13)2/h12-14H,3-11H2,1-2H3. The lowest BCUT2D eigenvalue weighted by atomic mass is 10.0. The summed E-state index contributed by atoms with van der Waals surface area (Å²) in [5, 5.41) is 3.51. The van der Waals surface area contributed by atoms with Crippen LogP contribution in [0.3, 0.4) is 0 Å². The number of piperazine rings is 1. The van der Waals surface area contributed by atoms with Crippen LogP contribution in [-0.2, 0) is 0 Å². The van der Waals surface area contributed by atoms with E-state index >= 15 is 0 Å². The van der Waals surface area contributed by atoms with Crippen molar-refractivity contribution in [2.45, 2.75) is 44.7 Å². The molecule has 16 heavy (non-hydrogen) atoms. The van der Waals surface area contributed by atoms with E-state index in [1.54, 1.807) is 0 Å². The van der Waals surface area contributed by atoms with Gasteiger partial charge in [0.25, 0.3) is 0 Å². The van der Waals surface area contributed by atoms with Crippen LogP contribution in [0.2, 0.25) is 0 Å². The fourth-order valence-electron chi connectivity index (χ4n) is 3.09. The summed E-state index contributed by atoms with van der Waals surface area (Å²) in [5.41, 5.74) is 0. The molecule has 0 spiro atoms. The molecule has 3 heteroatoms. The summed E-state index contributed by atoms with van der Waals surface area (Å²) in [5.74, 6) is 0. The molecule has 3 nitrogen and oxygen atoms in total. The summed E-state index contributed by atoms with van der Waals surface area (Å²) in [6.45, 7) is 8.50. The fraction of sp³-hybridized carbons (Fsp3) is 1.00. The molecule has 0 amide bonds. The second-order valence-corrected chi connectivity index (χ2v) is 5.39. The van der Waals surface area contributed by atoms with Crippen LogP contribution in [0.5, 0.6) is 0 Å². The summed E-state index contributed by atoms with van der Waals surface area (Å²) in [6.07, 6.45) is 5.50. The van der Waals surface area contributed by atoms with Crippen LogP contribution >= 0.6 is 0 Å². The Morgan fingerprint density at radius 2 is 2.06 bits per heavy atom. The lowest BCUT2D eigenvalue weighted by Gasteiger charge is -2.41. The molecule has 2 heterocycles. The fourth-order valence-corrected chi connectivity index (χ4v) is 3.09. The maximum absolute atomic E-state index is 3.51. The van der Waals surface area contributed by atoms with Crippen molar-refractivity contribution in [3.05, 3.63) is 0 Å². The van der Waals surface area contributed by atoms with Crippen molar-refractivity contribution in [2.75, 3.05) is 39.8 Å². The van der Waals surface area contributed by atoms with Gasteiger partial charge in [0.2, 0.25) is 0 Å². The molecule has 2 aliphatic rings. The van der Waals surface area contributed by atoms with E-state index in [2.05, 4.69) is 29.1 Å². The van der Waals surface area contributed by atoms with Crippen molar-refractivity contribution in [1.29, 1.82) is 0 Å². The summed E-state index contributed by atoms with van der Waals surface area (Å²) >= 11 is 0. The number of rotatable bonds is 3. The monoisotopic (exact) mass is 225 g/mol. The lowest BCUT2D eigenvalue weighted by Crippen LogP contribution is -2.55. The first-order valence-corrected chi connectivity index (χ1v) is 6.96. The Morgan fingerprint density at radius 1 is 1.19 bits per heavy atom. The highest BCUT2D eigenvalue weighted by atomic mass is 15.3. The number of likely N-dealkylation sites (tertiary alicyclic amines) is 1. The Bertz CT molecular complexity index is 207. The maximum Gasteiger partial charge on any atom is 0.0220 e. The van der Waals surface area contributed by atoms with E-state index in [4.69, 9.17) is 0 Å². The van der Waals surface area contributed by atoms with Crippen molar-refractivity contribution in [3.8, 4) is 0 Å². The molecule has 0 radical (unpaired) electrons. The van der Waals surface area contributed by atoms with E-state index in [1.807, 2.05) is 0 Å². The third-order valence-corrected chi connectivity index (χ3v) is 4.31. The molecule has 0 aliphatic carbocycles. The number of likely N-dealkylation sites (N-methyl/N-ethyl adjacent to an activating group) is 1. The van der Waals surface area contributed by atoms with Gasteiger partial charge in [0.15, 0.2) is 0 Å². The number of hydrogen-bond acceptors (Lipinski definition) is 3. The molecular weight excluding hydrogens is 198 g/mol. The molecule has 0 aromatic heterocycles. The van der Waals surface area contributed by atoms with Crippen LogP contribution in [-0.4, -0.2) is 61.7 Å². The minimum atomic E-state index is 0.768. The molecule has 2 atom stereocenters. The SMILES string of the molecule is CCC1CNCCN1CC1CCCCN1C. The molecule has 2 fully saturated rings. The lowest BCUT2D eigenvalue weighted by molar-refractivity contribution is 0.0863. The van der Waals surface area contributed by atoms with E-state index in [-0.39, 0.29) is 0 Å². The number of nitrogens with zero attached hydrogens (tertiary/aromatic N) is 2. The molecule has 1 N–H and O–H groups in total. The molecule has 2 aliphatic heterocycles. The van der Waals surface area contributed by atoms with E-state index in [1.165, 1.54) is 58.4 Å². The van der Waals surface area contributed by atoms with Gasteiger partial charge < -0.3 is 10.2 Å². The molecule has 0 aromatic carbocycles. The summed E-state index contributed by atoms with van der Waals surface area (Å²) in [7, 11) is 2.30. The number of nitrogens with one attached hydrogen (secondary N) is 1. The van der Waals surface area contributed by atoms with Gasteiger partial charge in [-0.05, 0) is 32.9 Å². The third kappa shape index (κ3) is 2.96. The van der Waals surface area contributed by atoms with E-state index < -0.39 is 0 Å². The Balaban J connectivity index is 1.86. The molecule has 2 saturated heterocycles. The highest BCUT2D eigenvalue weighted by molar-refractivity contribution is 4.84. The molecular formula is C13H27N3. The first kappa shape index (κ1) is 12.3. The molecule has 94 valence electrons. The zero-order valence-electron chi connectivity index (χ0n) is 10.9. The van der Waals surface area contributed by atoms with Gasteiger partial charge in [-0.25, -0.2) is 0 Å². The minimum Gasteiger partial charge on any atom is -0.314 e. The predicted molar refractivity (Wildman–Crippen MR) is 68.8 cm³/mol. The molecule has 0 saturated carbocycles. The Kier molecular flexibility index (Phi) is 4.62. The van der Waals surface area contributed by atoms with E-state index in [0.717, 1.165) is 12.1 Å². The molecule has 0 aromatic rings. The molecule has 2 rings (SSSR count). The average Bonchev–Trinajstić information content (AvgIpc) is 2.33. The van der Waals surface area contributed by atoms with Gasteiger partial charge >= 0.3 is 0 Å². The van der Waals surface area contributed by atoms with Crippen LogP contribution in [0, 0.1) is 0 Å². The van der Waals surface area contributed by atoms with Crippen molar-refractivity contribution in [1.82, 2.24) is 15.1 Å². The molecule has 2 unspecified atom stereocenters. The average molecular weight is 225 g/mol. The van der Waals surface area contributed by atoms with Gasteiger partial charge in [0.1, 0.15) is 0 Å². The van der Waals surface area contributed by atoms with Crippen molar-refractivity contribution >= 4 is 0 Å². The molecule has 0 bridgehead atoms. The van der Waals surface area contributed by atoms with Crippen LogP contribution in [0.4, 0.5) is 0 Å². The maximum atomic E-state index is 3.51. The first-order valence-electron chi connectivity index (χ1n) is 6.96. The van der Waals surface area contributed by atoms with E-state index in [0.29, 0.717) is 0 Å². The van der Waals surface area contributed by atoms with Gasteiger partial charge in [-0.1, -0.05) is 13.3 Å². The van der Waals surface area contributed by atoms with Crippen LogP contribution in [0.25, 0.3) is 0 Å². The minimum absolute atomic E-state index is 0.768. The van der Waals surface area contributed by atoms with Crippen molar-refractivity contribution < 1.29 is 0 Å². The van der Waals surface area contributed by atoms with Crippen LogP contribution in [0.1, 0.15) is 32.6 Å². The largest absolute Gasteiger partial charge is 0.314 e. The van der Waals surface area contributed by atoms with Gasteiger partial charge in [0.05, 0.1) is 0 Å². The zero-order valence-corrected chi connectivity index (χ0v) is 10.9. The van der Waals surface area contributed by atoms with Gasteiger partial charge in [-0.2, -0.15) is 0 Å². The number of piperidine rings is 1. The van der Waals surface area contributed by atoms with Crippen molar-refractivity contribution in [3.63, 3.8) is 0 Å². The van der Waals surface area contributed by atoms with Crippen molar-refractivity contribution in [2.24, 2.45) is 0 Å². The summed E-state index contributed by atoms with van der Waals surface area (Å²) in [4.78, 5) is 5.28. The third-order valence-electron chi connectivity index (χ3n) is 4.31. The Labute approximate surface area is 100 Å². The smallest absolute Gasteiger partial charge is 0.0220 e. The second kappa shape index (κ2) is 5.99. The predicted octanol–water partition coefficient (Wildman–Crippen LogP) is 1.15. The highest BCUT2D eigenvalue weighted by Crippen LogP contribution is 2.18. The zero-order chi connectivity index (χ0) is 11.4. The van der Waals surface area contributed by atoms with Gasteiger partial charge in [-0.15, -0.1) is 0 Å². The topological polar surface area (TPSA) is 18.5 Å².